The van der Waals surface area contributed by atoms with Gasteiger partial charge in [0.05, 0.1) is 7.11 Å². The Bertz CT molecular complexity index is 1330. The molecule has 1 aliphatic rings. The van der Waals surface area contributed by atoms with Crippen LogP contribution in [0.3, 0.4) is 0 Å². The number of hydrogen-bond donors (Lipinski definition) is 1. The summed E-state index contributed by atoms with van der Waals surface area (Å²) in [6.07, 6.45) is 3.47. The molecule has 4 nitrogen and oxygen atoms in total. The van der Waals surface area contributed by atoms with E-state index >= 15 is 0 Å². The first-order valence-electron chi connectivity index (χ1n) is 12.9. The first kappa shape index (κ1) is 29.7. The average molecular weight is 548 g/mol. The summed E-state index contributed by atoms with van der Waals surface area (Å²) in [6, 6.07) is 29.4. The van der Waals surface area contributed by atoms with Gasteiger partial charge < -0.3 is 14.7 Å². The second-order valence-corrected chi connectivity index (χ2v) is 9.78. The van der Waals surface area contributed by atoms with Crippen LogP contribution in [0.4, 0.5) is 10.1 Å². The zero-order valence-electron chi connectivity index (χ0n) is 22.7. The van der Waals surface area contributed by atoms with E-state index in [2.05, 4.69) is 48.2 Å². The standard InChI is InChI=1S/C25H26FNO.C6H5Cl.C2H4O2/c1-18-15-21(24-17-23(28-2)11-12-25(24)26)8-7-20(18)16-19-5-9-22(10-6-19)27-13-3-4-14-27;7-6-4-2-1-3-5-6;1-2(3)4/h5-12,15,17H,3-4,13-14,16H2,1-2H3;1-5H;1H3,(H,3,4). The van der Waals surface area contributed by atoms with Crippen LogP contribution in [-0.4, -0.2) is 31.3 Å². The van der Waals surface area contributed by atoms with Crippen LogP contribution in [0.5, 0.6) is 5.75 Å². The highest BCUT2D eigenvalue weighted by atomic mass is 35.5. The van der Waals surface area contributed by atoms with Gasteiger partial charge >= 0.3 is 0 Å². The van der Waals surface area contributed by atoms with Crippen molar-refractivity contribution in [1.29, 1.82) is 0 Å². The SMILES string of the molecule is CC(=O)O.COc1ccc(F)c(-c2ccc(Cc3ccc(N4CCCC4)cc3)c(C)c2)c1.Clc1ccccc1. The summed E-state index contributed by atoms with van der Waals surface area (Å²) in [5.41, 5.74) is 6.50. The van der Waals surface area contributed by atoms with E-state index < -0.39 is 5.97 Å². The molecule has 39 heavy (non-hydrogen) atoms. The number of aliphatic carboxylic acids is 1. The number of rotatable bonds is 5. The van der Waals surface area contributed by atoms with Crippen LogP contribution >= 0.6 is 11.6 Å². The quantitative estimate of drug-likeness (QED) is 0.272. The van der Waals surface area contributed by atoms with Crippen LogP contribution in [-0.2, 0) is 11.2 Å². The number of carboxylic acid groups (broad SMARTS) is 1. The van der Waals surface area contributed by atoms with Gasteiger partial charge in [-0.05, 0) is 90.9 Å². The molecule has 0 atom stereocenters. The molecule has 1 fully saturated rings. The smallest absolute Gasteiger partial charge is 0.300 e. The van der Waals surface area contributed by atoms with Crippen molar-refractivity contribution in [2.45, 2.75) is 33.1 Å². The molecule has 0 radical (unpaired) electrons. The minimum absolute atomic E-state index is 0.231. The first-order valence-corrected chi connectivity index (χ1v) is 13.3. The molecule has 0 aromatic heterocycles. The van der Waals surface area contributed by atoms with Crippen molar-refractivity contribution in [3.8, 4) is 16.9 Å². The fraction of sp³-hybridized carbons (Fsp3) is 0.242. The Labute approximate surface area is 235 Å². The van der Waals surface area contributed by atoms with Crippen molar-refractivity contribution in [1.82, 2.24) is 0 Å². The topological polar surface area (TPSA) is 49.8 Å². The molecule has 4 aromatic rings. The fourth-order valence-corrected chi connectivity index (χ4v) is 4.49. The third-order valence-corrected chi connectivity index (χ3v) is 6.61. The minimum atomic E-state index is -0.833. The van der Waals surface area contributed by atoms with Crippen LogP contribution < -0.4 is 9.64 Å². The zero-order chi connectivity index (χ0) is 28.2. The second-order valence-electron chi connectivity index (χ2n) is 9.34. The number of nitrogens with zero attached hydrogens (tertiary/aromatic N) is 1. The number of carboxylic acids is 1. The maximum Gasteiger partial charge on any atom is 0.300 e. The molecule has 5 rings (SSSR count). The van der Waals surface area contributed by atoms with E-state index in [9.17, 15) is 4.39 Å². The lowest BCUT2D eigenvalue weighted by Gasteiger charge is -2.18. The summed E-state index contributed by atoms with van der Waals surface area (Å²) in [7, 11) is 1.60. The Balaban J connectivity index is 0.000000320. The number of carbonyl (C=O) groups is 1. The first-order chi connectivity index (χ1) is 18.8. The van der Waals surface area contributed by atoms with E-state index in [1.54, 1.807) is 19.2 Å². The lowest BCUT2D eigenvalue weighted by Crippen LogP contribution is -2.17. The molecular formula is C33H35ClFNO3. The highest BCUT2D eigenvalue weighted by Crippen LogP contribution is 2.29. The van der Waals surface area contributed by atoms with Crippen LogP contribution in [0, 0.1) is 12.7 Å². The summed E-state index contributed by atoms with van der Waals surface area (Å²) >= 11 is 5.54. The van der Waals surface area contributed by atoms with Crippen LogP contribution in [0.25, 0.3) is 11.1 Å². The Morgan fingerprint density at radius 3 is 2.13 bits per heavy atom. The zero-order valence-corrected chi connectivity index (χ0v) is 23.4. The largest absolute Gasteiger partial charge is 0.497 e. The van der Waals surface area contributed by atoms with Crippen molar-refractivity contribution >= 4 is 23.3 Å². The normalized spacial score (nSPS) is 12.1. The summed E-state index contributed by atoms with van der Waals surface area (Å²) in [5.74, 6) is -0.401. The van der Waals surface area contributed by atoms with Crippen molar-refractivity contribution in [2.75, 3.05) is 25.1 Å². The number of anilines is 1. The number of methoxy groups -OCH3 is 1. The lowest BCUT2D eigenvalue weighted by atomic mass is 9.95. The van der Waals surface area contributed by atoms with Gasteiger partial charge in [-0.15, -0.1) is 0 Å². The van der Waals surface area contributed by atoms with Crippen LogP contribution in [0.15, 0.2) is 91.0 Å². The van der Waals surface area contributed by atoms with E-state index in [1.807, 2.05) is 36.4 Å². The molecule has 0 bridgehead atoms. The van der Waals surface area contributed by atoms with E-state index in [1.165, 1.54) is 54.4 Å². The summed E-state index contributed by atoms with van der Waals surface area (Å²) in [6.45, 7) is 5.51. The lowest BCUT2D eigenvalue weighted by molar-refractivity contribution is -0.134. The fourth-order valence-electron chi connectivity index (χ4n) is 4.35. The van der Waals surface area contributed by atoms with Gasteiger partial charge in [0.15, 0.2) is 0 Å². The Morgan fingerprint density at radius 1 is 0.949 bits per heavy atom. The molecule has 1 aliphatic heterocycles. The van der Waals surface area contributed by atoms with Crippen molar-refractivity contribution < 1.29 is 19.0 Å². The predicted molar refractivity (Wildman–Crippen MR) is 159 cm³/mol. The van der Waals surface area contributed by atoms with Gasteiger partial charge in [0.25, 0.3) is 5.97 Å². The number of aryl methyl sites for hydroxylation is 1. The molecule has 0 spiro atoms. The van der Waals surface area contributed by atoms with E-state index in [0.29, 0.717) is 11.3 Å². The molecular weight excluding hydrogens is 513 g/mol. The van der Waals surface area contributed by atoms with Crippen LogP contribution in [0.2, 0.25) is 5.02 Å². The van der Waals surface area contributed by atoms with Crippen molar-refractivity contribution in [3.63, 3.8) is 0 Å². The third-order valence-electron chi connectivity index (χ3n) is 6.36. The third kappa shape index (κ3) is 9.45. The number of halogens is 2. The number of ether oxygens (including phenoxy) is 1. The monoisotopic (exact) mass is 547 g/mol. The predicted octanol–water partition coefficient (Wildman–Crippen LogP) is 8.43. The molecule has 0 saturated carbocycles. The van der Waals surface area contributed by atoms with Gasteiger partial charge in [-0.1, -0.05) is 60.1 Å². The summed E-state index contributed by atoms with van der Waals surface area (Å²) < 4.78 is 19.5. The molecule has 1 saturated heterocycles. The van der Waals surface area contributed by atoms with Crippen molar-refractivity contribution in [3.05, 3.63) is 119 Å². The maximum absolute atomic E-state index is 14.3. The van der Waals surface area contributed by atoms with E-state index in [0.717, 1.165) is 23.9 Å². The summed E-state index contributed by atoms with van der Waals surface area (Å²) in [4.78, 5) is 11.5. The van der Waals surface area contributed by atoms with Gasteiger partial charge in [-0.25, -0.2) is 4.39 Å². The molecule has 6 heteroatoms. The number of benzene rings is 4. The van der Waals surface area contributed by atoms with Crippen molar-refractivity contribution in [2.24, 2.45) is 0 Å². The molecule has 1 N–H and O–H groups in total. The van der Waals surface area contributed by atoms with E-state index in [-0.39, 0.29) is 5.82 Å². The molecule has 0 amide bonds. The molecule has 4 aromatic carbocycles. The highest BCUT2D eigenvalue weighted by molar-refractivity contribution is 6.30. The van der Waals surface area contributed by atoms with E-state index in [4.69, 9.17) is 26.2 Å². The minimum Gasteiger partial charge on any atom is -0.497 e. The maximum atomic E-state index is 14.3. The Morgan fingerprint density at radius 2 is 1.59 bits per heavy atom. The second kappa shape index (κ2) is 14.9. The molecule has 204 valence electrons. The molecule has 1 heterocycles. The van der Waals surface area contributed by atoms with Gasteiger partial charge in [0.2, 0.25) is 0 Å². The highest BCUT2D eigenvalue weighted by Gasteiger charge is 2.12. The Kier molecular flexibility index (Phi) is 11.4. The average Bonchev–Trinajstić information content (AvgIpc) is 3.46. The number of hydrogen-bond acceptors (Lipinski definition) is 3. The molecule has 0 aliphatic carbocycles. The summed E-state index contributed by atoms with van der Waals surface area (Å²) in [5, 5.41) is 8.21. The van der Waals surface area contributed by atoms with Gasteiger partial charge in [-0.2, -0.15) is 0 Å². The van der Waals surface area contributed by atoms with Gasteiger partial charge in [0.1, 0.15) is 11.6 Å². The van der Waals surface area contributed by atoms with Gasteiger partial charge in [-0.3, -0.25) is 4.79 Å². The molecule has 0 unspecified atom stereocenters. The van der Waals surface area contributed by atoms with Crippen LogP contribution in [0.1, 0.15) is 36.5 Å². The Hall–Kier alpha value is -3.83. The van der Waals surface area contributed by atoms with Gasteiger partial charge in [0, 0.05) is 36.3 Å².